The first-order chi connectivity index (χ1) is 13.7. The van der Waals surface area contributed by atoms with Gasteiger partial charge in [0.25, 0.3) is 0 Å². The fraction of sp³-hybridized carbons (Fsp3) is 0.520. The first kappa shape index (κ1) is 20.6. The summed E-state index contributed by atoms with van der Waals surface area (Å²) in [7, 11) is 0. The summed E-state index contributed by atoms with van der Waals surface area (Å²) in [4.78, 5) is 9.51. The molecule has 0 saturated carbocycles. The Morgan fingerprint density at radius 1 is 0.821 bits per heavy atom. The Morgan fingerprint density at radius 3 is 2.21 bits per heavy atom. The summed E-state index contributed by atoms with van der Waals surface area (Å²) >= 11 is 0. The predicted molar refractivity (Wildman–Crippen MR) is 120 cm³/mol. The molecule has 0 spiro atoms. The molecule has 0 saturated heterocycles. The van der Waals surface area contributed by atoms with Crippen molar-refractivity contribution in [2.24, 2.45) is 0 Å². The average Bonchev–Trinajstić information content (AvgIpc) is 3.05. The second kappa shape index (κ2) is 9.86. The van der Waals surface area contributed by atoms with Gasteiger partial charge in [-0.3, -0.25) is 0 Å². The van der Waals surface area contributed by atoms with Gasteiger partial charge < -0.3 is 4.57 Å². The van der Waals surface area contributed by atoms with Crippen molar-refractivity contribution in [1.29, 1.82) is 0 Å². The van der Waals surface area contributed by atoms with Crippen molar-refractivity contribution < 1.29 is 0 Å². The monoisotopic (exact) mass is 377 g/mol. The highest BCUT2D eigenvalue weighted by molar-refractivity contribution is 5.96. The Bertz CT molecular complexity index is 890. The molecule has 28 heavy (non-hydrogen) atoms. The Kier molecular flexibility index (Phi) is 7.24. The summed E-state index contributed by atoms with van der Waals surface area (Å²) in [5, 5.41) is 1.32. The second-order valence-corrected chi connectivity index (χ2v) is 7.75. The minimum Gasteiger partial charge on any atom is -0.342 e. The van der Waals surface area contributed by atoms with Gasteiger partial charge in [-0.25, -0.2) is 9.97 Å². The lowest BCUT2D eigenvalue weighted by Gasteiger charge is -2.14. The molecule has 0 unspecified atom stereocenters. The third-order valence-corrected chi connectivity index (χ3v) is 5.66. The topological polar surface area (TPSA) is 30.7 Å². The Morgan fingerprint density at radius 2 is 1.57 bits per heavy atom. The van der Waals surface area contributed by atoms with Crippen molar-refractivity contribution >= 4 is 10.9 Å². The molecule has 3 rings (SSSR count). The highest BCUT2D eigenvalue weighted by Crippen LogP contribution is 2.36. The van der Waals surface area contributed by atoms with Crippen molar-refractivity contribution in [2.45, 2.75) is 85.6 Å². The molecular weight excluding hydrogens is 342 g/mol. The number of rotatable bonds is 10. The van der Waals surface area contributed by atoms with Gasteiger partial charge in [0.1, 0.15) is 6.33 Å². The molecule has 1 aromatic carbocycles. The van der Waals surface area contributed by atoms with Gasteiger partial charge in [0.15, 0.2) is 0 Å². The maximum atomic E-state index is 4.81. The minimum absolute atomic E-state index is 1.02. The van der Waals surface area contributed by atoms with Crippen LogP contribution >= 0.6 is 0 Å². The normalized spacial score (nSPS) is 11.4. The maximum absolute atomic E-state index is 4.81. The fourth-order valence-corrected chi connectivity index (χ4v) is 4.09. The summed E-state index contributed by atoms with van der Waals surface area (Å²) in [5.41, 5.74) is 7.76. The first-order valence-electron chi connectivity index (χ1n) is 11.2. The quantitative estimate of drug-likeness (QED) is 0.391. The van der Waals surface area contributed by atoms with Crippen molar-refractivity contribution in [1.82, 2.24) is 14.5 Å². The van der Waals surface area contributed by atoms with E-state index in [1.165, 1.54) is 59.3 Å². The van der Waals surface area contributed by atoms with Gasteiger partial charge >= 0.3 is 0 Å². The Balaban J connectivity index is 2.27. The van der Waals surface area contributed by atoms with E-state index in [-0.39, 0.29) is 0 Å². The number of benzene rings is 1. The molecule has 0 atom stereocenters. The van der Waals surface area contributed by atoms with Crippen LogP contribution in [-0.4, -0.2) is 14.5 Å². The van der Waals surface area contributed by atoms with E-state index in [0.717, 1.165) is 37.7 Å². The molecule has 2 heterocycles. The number of fused-ring (bicyclic) bond motifs is 1. The molecule has 0 radical (unpaired) electrons. The van der Waals surface area contributed by atoms with E-state index >= 15 is 0 Å². The van der Waals surface area contributed by atoms with Gasteiger partial charge in [-0.1, -0.05) is 71.2 Å². The third-order valence-electron chi connectivity index (χ3n) is 5.66. The number of unbranched alkanes of at least 4 members (excludes halogenated alkanes) is 2. The van der Waals surface area contributed by atoms with Crippen LogP contribution in [0, 0.1) is 0 Å². The molecule has 3 heteroatoms. The van der Waals surface area contributed by atoms with Crippen molar-refractivity contribution in [3.8, 4) is 11.3 Å². The van der Waals surface area contributed by atoms with E-state index in [2.05, 4.69) is 56.5 Å². The van der Waals surface area contributed by atoms with Crippen molar-refractivity contribution in [3.05, 3.63) is 47.5 Å². The lowest BCUT2D eigenvalue weighted by Crippen LogP contribution is -2.06. The lowest BCUT2D eigenvalue weighted by atomic mass is 10.0. The molecule has 2 aromatic heterocycles. The van der Waals surface area contributed by atoms with Gasteiger partial charge in [0.05, 0.1) is 16.9 Å². The summed E-state index contributed by atoms with van der Waals surface area (Å²) < 4.78 is 2.57. The van der Waals surface area contributed by atoms with E-state index in [9.17, 15) is 0 Å². The van der Waals surface area contributed by atoms with E-state index < -0.39 is 0 Å². The average molecular weight is 378 g/mol. The third kappa shape index (κ3) is 4.14. The maximum Gasteiger partial charge on any atom is 0.116 e. The van der Waals surface area contributed by atoms with Crippen LogP contribution < -0.4 is 0 Å². The molecule has 0 aliphatic heterocycles. The highest BCUT2D eigenvalue weighted by Gasteiger charge is 2.21. The van der Waals surface area contributed by atoms with Crippen molar-refractivity contribution in [3.63, 3.8) is 0 Å². The SMILES string of the molecule is CCCCc1c2c(CCC)ncnc2c(-c2ccc(CC)cc2)n1CCCC. The minimum atomic E-state index is 1.02. The molecule has 0 fully saturated rings. The highest BCUT2D eigenvalue weighted by atomic mass is 15.0. The molecule has 0 aliphatic carbocycles. The Labute approximate surface area is 170 Å². The number of aromatic nitrogens is 3. The van der Waals surface area contributed by atoms with Crippen LogP contribution in [0.25, 0.3) is 22.2 Å². The summed E-state index contributed by atoms with van der Waals surface area (Å²) in [6.45, 7) is 10.0. The molecule has 3 aromatic rings. The molecule has 0 bridgehead atoms. The number of aryl methyl sites for hydroxylation is 3. The zero-order chi connectivity index (χ0) is 19.9. The summed E-state index contributed by atoms with van der Waals surface area (Å²) in [6.07, 6.45) is 10.9. The Hall–Kier alpha value is -2.16. The van der Waals surface area contributed by atoms with Gasteiger partial charge in [-0.05, 0) is 37.7 Å². The molecule has 0 aliphatic rings. The predicted octanol–water partition coefficient (Wildman–Crippen LogP) is 6.76. The van der Waals surface area contributed by atoms with Gasteiger partial charge in [0, 0.05) is 23.2 Å². The van der Waals surface area contributed by atoms with Crippen LogP contribution in [0.15, 0.2) is 30.6 Å². The van der Waals surface area contributed by atoms with Crippen molar-refractivity contribution in [2.75, 3.05) is 0 Å². The zero-order valence-electron chi connectivity index (χ0n) is 18.1. The second-order valence-electron chi connectivity index (χ2n) is 7.75. The van der Waals surface area contributed by atoms with Gasteiger partial charge in [-0.15, -0.1) is 0 Å². The van der Waals surface area contributed by atoms with Crippen LogP contribution in [0.3, 0.4) is 0 Å². The van der Waals surface area contributed by atoms with E-state index in [1.54, 1.807) is 6.33 Å². The summed E-state index contributed by atoms with van der Waals surface area (Å²) in [6, 6.07) is 9.08. The standard InChI is InChI=1S/C25H35N3/c1-5-9-12-22-23-21(11-7-3)26-18-27-24(23)25(28(22)17-10-6-2)20-15-13-19(8-4)14-16-20/h13-16,18H,5-12,17H2,1-4H3. The molecular formula is C25H35N3. The van der Waals surface area contributed by atoms with Crippen LogP contribution in [0.1, 0.15) is 76.8 Å². The summed E-state index contributed by atoms with van der Waals surface area (Å²) in [5.74, 6) is 0. The molecule has 0 amide bonds. The number of hydrogen-bond acceptors (Lipinski definition) is 2. The lowest BCUT2D eigenvalue weighted by molar-refractivity contribution is 0.607. The first-order valence-corrected chi connectivity index (χ1v) is 11.2. The molecule has 3 nitrogen and oxygen atoms in total. The fourth-order valence-electron chi connectivity index (χ4n) is 4.09. The van der Waals surface area contributed by atoms with Crippen LogP contribution in [-0.2, 0) is 25.8 Å². The smallest absolute Gasteiger partial charge is 0.116 e. The van der Waals surface area contributed by atoms with E-state index in [4.69, 9.17) is 9.97 Å². The van der Waals surface area contributed by atoms with E-state index in [0.29, 0.717) is 0 Å². The van der Waals surface area contributed by atoms with Crippen LogP contribution in [0.2, 0.25) is 0 Å². The van der Waals surface area contributed by atoms with Gasteiger partial charge in [0.2, 0.25) is 0 Å². The molecule has 150 valence electrons. The van der Waals surface area contributed by atoms with Gasteiger partial charge in [-0.2, -0.15) is 0 Å². The van der Waals surface area contributed by atoms with Crippen LogP contribution in [0.5, 0.6) is 0 Å². The molecule has 0 N–H and O–H groups in total. The van der Waals surface area contributed by atoms with Crippen LogP contribution in [0.4, 0.5) is 0 Å². The zero-order valence-corrected chi connectivity index (χ0v) is 18.1. The number of hydrogen-bond donors (Lipinski definition) is 0. The van der Waals surface area contributed by atoms with E-state index in [1.807, 2.05) is 0 Å². The number of nitrogens with zero attached hydrogens (tertiary/aromatic N) is 3. The largest absolute Gasteiger partial charge is 0.342 e.